The first-order valence-corrected chi connectivity index (χ1v) is 7.70. The highest BCUT2D eigenvalue weighted by Crippen LogP contribution is 2.14. The number of hydrogen-bond donors (Lipinski definition) is 3. The molecule has 0 saturated carbocycles. The number of aromatic amines is 2. The SMILES string of the molecule is O=C(NCC[C@H]1CCCO1)c1ccc2c(=O)[nH]c(=S)[nH]c2c1. The first-order valence-electron chi connectivity index (χ1n) is 7.29. The molecule has 0 unspecified atom stereocenters. The number of carbonyl (C=O) groups excluding carboxylic acids is 1. The lowest BCUT2D eigenvalue weighted by atomic mass is 10.1. The van der Waals surface area contributed by atoms with E-state index in [9.17, 15) is 9.59 Å². The van der Waals surface area contributed by atoms with Gasteiger partial charge in [-0.05, 0) is 49.7 Å². The Morgan fingerprint density at radius 2 is 2.27 bits per heavy atom. The van der Waals surface area contributed by atoms with Crippen LogP contribution >= 0.6 is 12.2 Å². The van der Waals surface area contributed by atoms with Crippen LogP contribution in [0.1, 0.15) is 29.6 Å². The summed E-state index contributed by atoms with van der Waals surface area (Å²) in [5, 5.41) is 3.35. The number of ether oxygens (including phenoxy) is 1. The van der Waals surface area contributed by atoms with E-state index in [1.807, 2.05) is 0 Å². The van der Waals surface area contributed by atoms with E-state index in [4.69, 9.17) is 17.0 Å². The molecule has 2 heterocycles. The van der Waals surface area contributed by atoms with Crippen LogP contribution in [-0.4, -0.2) is 35.1 Å². The van der Waals surface area contributed by atoms with E-state index in [0.29, 0.717) is 23.0 Å². The molecule has 3 N–H and O–H groups in total. The lowest BCUT2D eigenvalue weighted by Crippen LogP contribution is -2.27. The summed E-state index contributed by atoms with van der Waals surface area (Å²) in [6.07, 6.45) is 3.23. The number of fused-ring (bicyclic) bond motifs is 1. The zero-order chi connectivity index (χ0) is 15.5. The summed E-state index contributed by atoms with van der Waals surface area (Å²) in [6, 6.07) is 4.89. The maximum atomic E-state index is 12.2. The van der Waals surface area contributed by atoms with Crippen LogP contribution in [0.4, 0.5) is 0 Å². The number of aromatic nitrogens is 2. The molecule has 1 fully saturated rings. The number of hydrogen-bond acceptors (Lipinski definition) is 4. The molecule has 0 radical (unpaired) electrons. The van der Waals surface area contributed by atoms with Gasteiger partial charge in [-0.25, -0.2) is 0 Å². The van der Waals surface area contributed by atoms with Crippen LogP contribution in [-0.2, 0) is 4.74 Å². The number of carbonyl (C=O) groups is 1. The van der Waals surface area contributed by atoms with Crippen molar-refractivity contribution in [2.45, 2.75) is 25.4 Å². The molecular formula is C15H17N3O3S. The molecule has 1 aliphatic rings. The monoisotopic (exact) mass is 319 g/mol. The molecule has 22 heavy (non-hydrogen) atoms. The fourth-order valence-electron chi connectivity index (χ4n) is 2.63. The summed E-state index contributed by atoms with van der Waals surface area (Å²) in [6.45, 7) is 1.39. The molecule has 1 saturated heterocycles. The van der Waals surface area contributed by atoms with Crippen LogP contribution in [0, 0.1) is 4.77 Å². The predicted octanol–water partition coefficient (Wildman–Crippen LogP) is 1.88. The van der Waals surface area contributed by atoms with Crippen molar-refractivity contribution in [3.63, 3.8) is 0 Å². The van der Waals surface area contributed by atoms with Crippen LogP contribution < -0.4 is 10.9 Å². The first-order chi connectivity index (χ1) is 10.6. The Morgan fingerprint density at radius 3 is 3.05 bits per heavy atom. The summed E-state index contributed by atoms with van der Waals surface area (Å²) in [5.41, 5.74) is 0.792. The highest BCUT2D eigenvalue weighted by atomic mass is 32.1. The fraction of sp³-hybridized carbons (Fsp3) is 0.400. The molecule has 1 amide bonds. The molecule has 3 rings (SSSR count). The van der Waals surface area contributed by atoms with Crippen molar-refractivity contribution in [2.24, 2.45) is 0 Å². The molecule has 7 heteroatoms. The molecular weight excluding hydrogens is 302 g/mol. The molecule has 0 aliphatic carbocycles. The summed E-state index contributed by atoms with van der Waals surface area (Å²) < 4.78 is 5.76. The Labute approximate surface area is 131 Å². The average Bonchev–Trinajstić information content (AvgIpc) is 2.99. The molecule has 1 aromatic carbocycles. The van der Waals surface area contributed by atoms with Gasteiger partial charge >= 0.3 is 0 Å². The van der Waals surface area contributed by atoms with Gasteiger partial charge in [-0.3, -0.25) is 14.6 Å². The summed E-state index contributed by atoms with van der Waals surface area (Å²) in [7, 11) is 0. The molecule has 1 atom stereocenters. The Morgan fingerprint density at radius 1 is 1.41 bits per heavy atom. The predicted molar refractivity (Wildman–Crippen MR) is 85.7 cm³/mol. The molecule has 6 nitrogen and oxygen atoms in total. The highest BCUT2D eigenvalue weighted by Gasteiger charge is 2.15. The topological polar surface area (TPSA) is 87.0 Å². The van der Waals surface area contributed by atoms with Crippen molar-refractivity contribution < 1.29 is 9.53 Å². The normalized spacial score (nSPS) is 17.7. The molecule has 0 spiro atoms. The smallest absolute Gasteiger partial charge is 0.259 e. The Hall–Kier alpha value is -1.99. The number of amides is 1. The summed E-state index contributed by atoms with van der Waals surface area (Å²) in [5.74, 6) is -0.167. The van der Waals surface area contributed by atoms with Gasteiger partial charge in [-0.2, -0.15) is 0 Å². The maximum Gasteiger partial charge on any atom is 0.259 e. The third kappa shape index (κ3) is 3.26. The molecule has 1 aliphatic heterocycles. The molecule has 116 valence electrons. The molecule has 1 aromatic heterocycles. The fourth-order valence-corrected chi connectivity index (χ4v) is 2.83. The summed E-state index contributed by atoms with van der Waals surface area (Å²) in [4.78, 5) is 29.3. The minimum absolute atomic E-state index is 0.167. The van der Waals surface area contributed by atoms with Gasteiger partial charge in [-0.1, -0.05) is 0 Å². The number of benzene rings is 1. The van der Waals surface area contributed by atoms with E-state index in [0.717, 1.165) is 25.9 Å². The van der Waals surface area contributed by atoms with Crippen molar-refractivity contribution in [1.29, 1.82) is 0 Å². The number of rotatable bonds is 4. The minimum atomic E-state index is -0.260. The van der Waals surface area contributed by atoms with E-state index < -0.39 is 0 Å². The van der Waals surface area contributed by atoms with Crippen LogP contribution in [0.25, 0.3) is 10.9 Å². The lowest BCUT2D eigenvalue weighted by Gasteiger charge is -2.10. The average molecular weight is 319 g/mol. The summed E-state index contributed by atoms with van der Waals surface area (Å²) >= 11 is 4.94. The van der Waals surface area contributed by atoms with Crippen LogP contribution in [0.3, 0.4) is 0 Å². The first kappa shape index (κ1) is 14.9. The van der Waals surface area contributed by atoms with Gasteiger partial charge in [0.25, 0.3) is 11.5 Å². The van der Waals surface area contributed by atoms with E-state index in [1.54, 1.807) is 18.2 Å². The largest absolute Gasteiger partial charge is 0.378 e. The second-order valence-corrected chi connectivity index (χ2v) is 5.76. The Balaban J connectivity index is 1.70. The number of H-pyrrole nitrogens is 2. The number of nitrogens with one attached hydrogen (secondary N) is 3. The van der Waals surface area contributed by atoms with E-state index >= 15 is 0 Å². The van der Waals surface area contributed by atoms with Crippen molar-refractivity contribution in [3.05, 3.63) is 38.9 Å². The van der Waals surface area contributed by atoms with Crippen molar-refractivity contribution in [2.75, 3.05) is 13.2 Å². The Kier molecular flexibility index (Phi) is 4.35. The van der Waals surface area contributed by atoms with E-state index in [1.165, 1.54) is 0 Å². The molecule has 0 bridgehead atoms. The van der Waals surface area contributed by atoms with E-state index in [2.05, 4.69) is 15.3 Å². The lowest BCUT2D eigenvalue weighted by molar-refractivity contribution is 0.0907. The van der Waals surface area contributed by atoms with Crippen LogP contribution in [0.15, 0.2) is 23.0 Å². The standard InChI is InChI=1S/C15H17N3O3S/c19-13(16-6-5-10-2-1-7-21-10)9-3-4-11-12(8-9)17-15(22)18-14(11)20/h3-4,8,10H,1-2,5-7H2,(H,16,19)(H2,17,18,20,22)/t10-/m1/s1. The van der Waals surface area contributed by atoms with Gasteiger partial charge in [-0.15, -0.1) is 0 Å². The van der Waals surface area contributed by atoms with Gasteiger partial charge < -0.3 is 15.0 Å². The quantitative estimate of drug-likeness (QED) is 0.751. The third-order valence-electron chi connectivity index (χ3n) is 3.78. The zero-order valence-electron chi connectivity index (χ0n) is 12.0. The van der Waals surface area contributed by atoms with Crippen LogP contribution in [0.2, 0.25) is 0 Å². The molecule has 2 aromatic rings. The zero-order valence-corrected chi connectivity index (χ0v) is 12.8. The second kappa shape index (κ2) is 6.41. The van der Waals surface area contributed by atoms with Gasteiger partial charge in [0, 0.05) is 18.7 Å². The third-order valence-corrected chi connectivity index (χ3v) is 3.98. The highest BCUT2D eigenvalue weighted by molar-refractivity contribution is 7.71. The van der Waals surface area contributed by atoms with Crippen molar-refractivity contribution in [3.8, 4) is 0 Å². The van der Waals surface area contributed by atoms with Gasteiger partial charge in [0.15, 0.2) is 4.77 Å². The van der Waals surface area contributed by atoms with Crippen molar-refractivity contribution >= 4 is 29.0 Å². The van der Waals surface area contributed by atoms with Gasteiger partial charge in [0.05, 0.1) is 17.0 Å². The van der Waals surface area contributed by atoms with Gasteiger partial charge in [0.1, 0.15) is 0 Å². The van der Waals surface area contributed by atoms with Gasteiger partial charge in [0.2, 0.25) is 0 Å². The van der Waals surface area contributed by atoms with Crippen molar-refractivity contribution in [1.82, 2.24) is 15.3 Å². The minimum Gasteiger partial charge on any atom is -0.378 e. The van der Waals surface area contributed by atoms with Crippen LogP contribution in [0.5, 0.6) is 0 Å². The van der Waals surface area contributed by atoms with E-state index in [-0.39, 0.29) is 22.3 Å². The maximum absolute atomic E-state index is 12.2. The second-order valence-electron chi connectivity index (χ2n) is 5.35. The Bertz CT molecular complexity index is 806.